The van der Waals surface area contributed by atoms with E-state index < -0.39 is 11.8 Å². The number of carbonyl (C=O) groups is 1. The Balaban J connectivity index is 2.08. The molecule has 0 saturated carbocycles. The van der Waals surface area contributed by atoms with Crippen molar-refractivity contribution in [2.75, 3.05) is 13.1 Å². The predicted molar refractivity (Wildman–Crippen MR) is 73.0 cm³/mol. The third-order valence-corrected chi connectivity index (χ3v) is 4.00. The first kappa shape index (κ1) is 14.8. The summed E-state index contributed by atoms with van der Waals surface area (Å²) < 4.78 is 13.9. The SMILES string of the molecule is CC(c1ccc(O)cc1F)N1CCCC(CC(=O)O)C1. The molecule has 0 amide bonds. The zero-order valence-electron chi connectivity index (χ0n) is 11.6. The number of aromatic hydroxyl groups is 1. The molecule has 1 fully saturated rings. The number of hydrogen-bond acceptors (Lipinski definition) is 3. The van der Waals surface area contributed by atoms with Crippen LogP contribution in [0.3, 0.4) is 0 Å². The summed E-state index contributed by atoms with van der Waals surface area (Å²) in [7, 11) is 0. The van der Waals surface area contributed by atoms with Crippen LogP contribution in [-0.2, 0) is 4.79 Å². The van der Waals surface area contributed by atoms with E-state index in [0.29, 0.717) is 12.1 Å². The molecule has 2 atom stereocenters. The number of halogens is 1. The van der Waals surface area contributed by atoms with E-state index in [0.717, 1.165) is 25.5 Å². The maximum absolute atomic E-state index is 13.9. The molecule has 1 aromatic carbocycles. The third kappa shape index (κ3) is 3.48. The van der Waals surface area contributed by atoms with Gasteiger partial charge in [0.2, 0.25) is 0 Å². The molecule has 1 aromatic rings. The topological polar surface area (TPSA) is 60.8 Å². The van der Waals surface area contributed by atoms with Gasteiger partial charge in [-0.25, -0.2) is 4.39 Å². The van der Waals surface area contributed by atoms with Gasteiger partial charge in [-0.1, -0.05) is 6.07 Å². The van der Waals surface area contributed by atoms with Gasteiger partial charge in [-0.15, -0.1) is 0 Å². The lowest BCUT2D eigenvalue weighted by Gasteiger charge is -2.36. The number of carboxylic acids is 1. The lowest BCUT2D eigenvalue weighted by Crippen LogP contribution is -2.38. The molecular formula is C15H20FNO3. The second kappa shape index (κ2) is 6.22. The van der Waals surface area contributed by atoms with Gasteiger partial charge in [-0.05, 0) is 38.3 Å². The largest absolute Gasteiger partial charge is 0.508 e. The number of rotatable bonds is 4. The molecule has 1 saturated heterocycles. The van der Waals surface area contributed by atoms with Crippen molar-refractivity contribution in [2.45, 2.75) is 32.2 Å². The molecule has 20 heavy (non-hydrogen) atoms. The van der Waals surface area contributed by atoms with Crippen LogP contribution in [-0.4, -0.2) is 34.2 Å². The highest BCUT2D eigenvalue weighted by Crippen LogP contribution is 2.30. The predicted octanol–water partition coefficient (Wildman–Crippen LogP) is 2.78. The maximum atomic E-state index is 13.9. The Kier molecular flexibility index (Phi) is 4.60. The Hall–Kier alpha value is -1.62. The summed E-state index contributed by atoms with van der Waals surface area (Å²) in [5.41, 5.74) is 0.541. The highest BCUT2D eigenvalue weighted by molar-refractivity contribution is 5.67. The summed E-state index contributed by atoms with van der Waals surface area (Å²) in [5.74, 6) is -1.15. The van der Waals surface area contributed by atoms with E-state index in [2.05, 4.69) is 4.90 Å². The van der Waals surface area contributed by atoms with E-state index in [4.69, 9.17) is 5.11 Å². The van der Waals surface area contributed by atoms with Crippen molar-refractivity contribution in [1.29, 1.82) is 0 Å². The fraction of sp³-hybridized carbons (Fsp3) is 0.533. The van der Waals surface area contributed by atoms with Crippen LogP contribution >= 0.6 is 0 Å². The summed E-state index contributed by atoms with van der Waals surface area (Å²) in [6, 6.07) is 4.07. The lowest BCUT2D eigenvalue weighted by molar-refractivity contribution is -0.138. The summed E-state index contributed by atoms with van der Waals surface area (Å²) in [4.78, 5) is 12.9. The second-order valence-corrected chi connectivity index (χ2v) is 5.48. The van der Waals surface area contributed by atoms with Crippen LogP contribution in [0.15, 0.2) is 18.2 Å². The molecule has 0 aromatic heterocycles. The van der Waals surface area contributed by atoms with E-state index in [1.54, 1.807) is 6.07 Å². The molecule has 2 unspecified atom stereocenters. The monoisotopic (exact) mass is 281 g/mol. The highest BCUT2D eigenvalue weighted by atomic mass is 19.1. The summed E-state index contributed by atoms with van der Waals surface area (Å²) in [5, 5.41) is 18.1. The Labute approximate surface area is 117 Å². The number of likely N-dealkylation sites (tertiary alicyclic amines) is 1. The van der Waals surface area contributed by atoms with Crippen molar-refractivity contribution in [2.24, 2.45) is 5.92 Å². The fourth-order valence-corrected chi connectivity index (χ4v) is 2.91. The van der Waals surface area contributed by atoms with Crippen molar-refractivity contribution >= 4 is 5.97 Å². The number of piperidine rings is 1. The molecule has 2 N–H and O–H groups in total. The Morgan fingerprint density at radius 2 is 2.30 bits per heavy atom. The van der Waals surface area contributed by atoms with Crippen LogP contribution in [0.4, 0.5) is 4.39 Å². The van der Waals surface area contributed by atoms with Gasteiger partial charge in [-0.2, -0.15) is 0 Å². The number of hydrogen-bond donors (Lipinski definition) is 2. The lowest BCUT2D eigenvalue weighted by atomic mass is 9.92. The van der Waals surface area contributed by atoms with Crippen LogP contribution in [0.25, 0.3) is 0 Å². The van der Waals surface area contributed by atoms with Gasteiger partial charge < -0.3 is 10.2 Å². The van der Waals surface area contributed by atoms with Gasteiger partial charge in [0, 0.05) is 30.6 Å². The normalized spacial score (nSPS) is 21.6. The molecule has 0 radical (unpaired) electrons. The van der Waals surface area contributed by atoms with Crippen LogP contribution in [0.2, 0.25) is 0 Å². The van der Waals surface area contributed by atoms with Gasteiger partial charge in [0.1, 0.15) is 11.6 Å². The van der Waals surface area contributed by atoms with E-state index >= 15 is 0 Å². The molecule has 0 spiro atoms. The smallest absolute Gasteiger partial charge is 0.303 e. The van der Waals surface area contributed by atoms with Crippen LogP contribution in [0, 0.1) is 11.7 Å². The Morgan fingerprint density at radius 3 is 2.95 bits per heavy atom. The fourth-order valence-electron chi connectivity index (χ4n) is 2.91. The maximum Gasteiger partial charge on any atom is 0.303 e. The van der Waals surface area contributed by atoms with E-state index in [-0.39, 0.29) is 24.1 Å². The number of benzene rings is 1. The molecular weight excluding hydrogens is 261 g/mol. The van der Waals surface area contributed by atoms with Crippen molar-refractivity contribution in [3.8, 4) is 5.75 Å². The summed E-state index contributed by atoms with van der Waals surface area (Å²) >= 11 is 0. The number of phenolic OH excluding ortho intramolecular Hbond substituents is 1. The van der Waals surface area contributed by atoms with Crippen molar-refractivity contribution in [1.82, 2.24) is 4.90 Å². The van der Waals surface area contributed by atoms with Crippen LogP contribution in [0.5, 0.6) is 5.75 Å². The summed E-state index contributed by atoms with van der Waals surface area (Å²) in [6.07, 6.45) is 2.01. The highest BCUT2D eigenvalue weighted by Gasteiger charge is 2.27. The van der Waals surface area contributed by atoms with Gasteiger partial charge in [-0.3, -0.25) is 9.69 Å². The molecule has 1 aliphatic rings. The van der Waals surface area contributed by atoms with Crippen LogP contribution in [0.1, 0.15) is 37.8 Å². The molecule has 0 bridgehead atoms. The second-order valence-electron chi connectivity index (χ2n) is 5.48. The minimum atomic E-state index is -0.777. The van der Waals surface area contributed by atoms with Gasteiger partial charge in [0.25, 0.3) is 0 Å². The number of carboxylic acid groups (broad SMARTS) is 1. The quantitative estimate of drug-likeness (QED) is 0.891. The van der Waals surface area contributed by atoms with E-state index in [1.807, 2.05) is 6.92 Å². The van der Waals surface area contributed by atoms with Crippen molar-refractivity contribution in [3.63, 3.8) is 0 Å². The zero-order valence-corrected chi connectivity index (χ0v) is 11.6. The first-order valence-electron chi connectivity index (χ1n) is 6.91. The minimum Gasteiger partial charge on any atom is -0.508 e. The summed E-state index contributed by atoms with van der Waals surface area (Å²) in [6.45, 7) is 3.43. The number of phenols is 1. The first-order valence-corrected chi connectivity index (χ1v) is 6.91. The molecule has 1 heterocycles. The Bertz CT molecular complexity index is 492. The van der Waals surface area contributed by atoms with E-state index in [1.165, 1.54) is 6.07 Å². The average molecular weight is 281 g/mol. The molecule has 5 heteroatoms. The molecule has 1 aliphatic heterocycles. The van der Waals surface area contributed by atoms with Gasteiger partial charge in [0.05, 0.1) is 0 Å². The minimum absolute atomic E-state index is 0.0825. The van der Waals surface area contributed by atoms with Gasteiger partial charge in [0.15, 0.2) is 0 Å². The average Bonchev–Trinajstić information content (AvgIpc) is 2.37. The molecule has 2 rings (SSSR count). The van der Waals surface area contributed by atoms with Crippen molar-refractivity contribution in [3.05, 3.63) is 29.6 Å². The van der Waals surface area contributed by atoms with Crippen molar-refractivity contribution < 1.29 is 19.4 Å². The van der Waals surface area contributed by atoms with E-state index in [9.17, 15) is 14.3 Å². The standard InChI is InChI=1S/C15H20FNO3/c1-10(13-5-4-12(18)8-14(13)16)17-6-2-3-11(9-17)7-15(19)20/h4-5,8,10-11,18H,2-3,6-7,9H2,1H3,(H,19,20). The zero-order chi connectivity index (χ0) is 14.7. The Morgan fingerprint density at radius 1 is 1.55 bits per heavy atom. The third-order valence-electron chi connectivity index (χ3n) is 4.00. The molecule has 0 aliphatic carbocycles. The number of nitrogens with zero attached hydrogens (tertiary/aromatic N) is 1. The first-order chi connectivity index (χ1) is 9.47. The van der Waals surface area contributed by atoms with Crippen LogP contribution < -0.4 is 0 Å². The molecule has 110 valence electrons. The number of aliphatic carboxylic acids is 1. The molecule has 4 nitrogen and oxygen atoms in total. The van der Waals surface area contributed by atoms with Gasteiger partial charge >= 0.3 is 5.97 Å².